The van der Waals surface area contributed by atoms with Crippen LogP contribution >= 0.6 is 0 Å². The van der Waals surface area contributed by atoms with Gasteiger partial charge in [0.25, 0.3) is 0 Å². The Balaban J connectivity index is 2.04. The molecule has 0 aliphatic carbocycles. The fourth-order valence-electron chi connectivity index (χ4n) is 1.01. The second kappa shape index (κ2) is 3.73. The predicted molar refractivity (Wildman–Crippen MR) is 33.4 cm³/mol. The highest BCUT2D eigenvalue weighted by atomic mass is 19.3. The maximum absolute atomic E-state index is 11.5. The first-order chi connectivity index (χ1) is 5.22. The molecule has 0 radical (unpaired) electrons. The summed E-state index contributed by atoms with van der Waals surface area (Å²) in [6, 6.07) is 0. The maximum atomic E-state index is 11.5. The minimum absolute atomic E-state index is 0.309. The number of carbonyl (C=O) groups is 1. The zero-order valence-electron chi connectivity index (χ0n) is 5.87. The van der Waals surface area contributed by atoms with Crippen molar-refractivity contribution in [1.82, 2.24) is 4.90 Å². The van der Waals surface area contributed by atoms with Crippen molar-refractivity contribution >= 4 is 6.29 Å². The van der Waals surface area contributed by atoms with E-state index in [4.69, 9.17) is 0 Å². The number of nitrogens with zero attached hydrogens (tertiary/aromatic N) is 1. The first kappa shape index (κ1) is 8.55. The van der Waals surface area contributed by atoms with Gasteiger partial charge in [-0.05, 0) is 0 Å². The van der Waals surface area contributed by atoms with Crippen molar-refractivity contribution in [3.05, 3.63) is 0 Å². The van der Waals surface area contributed by atoms with Crippen molar-refractivity contribution < 1.29 is 18.3 Å². The molecule has 0 saturated carbocycles. The number of carbonyl (C=O) groups excluding carboxylic acids is 1. The van der Waals surface area contributed by atoms with Gasteiger partial charge in [0.2, 0.25) is 0 Å². The third-order valence-electron chi connectivity index (χ3n) is 1.55. The fraction of sp³-hybridized carbons (Fsp3) is 0.833. The van der Waals surface area contributed by atoms with Gasteiger partial charge in [0.05, 0.1) is 12.6 Å². The van der Waals surface area contributed by atoms with Crippen molar-refractivity contribution in [2.24, 2.45) is 0 Å². The Kier molecular flexibility index (Phi) is 2.90. The number of aldehydes is 1. The minimum atomic E-state index is -2.70. The Bertz CT molecular complexity index is 137. The first-order valence-corrected chi connectivity index (χ1v) is 3.32. The molecule has 64 valence electrons. The van der Waals surface area contributed by atoms with Gasteiger partial charge in [-0.25, -0.2) is 0 Å². The molecule has 5 heteroatoms. The summed E-state index contributed by atoms with van der Waals surface area (Å²) in [7, 11) is 0. The number of halogens is 2. The van der Waals surface area contributed by atoms with Crippen LogP contribution < -0.4 is 0 Å². The molecule has 0 unspecified atom stereocenters. The second-order valence-corrected chi connectivity index (χ2v) is 2.40. The topological polar surface area (TPSA) is 29.5 Å². The summed E-state index contributed by atoms with van der Waals surface area (Å²) >= 11 is 0. The van der Waals surface area contributed by atoms with Crippen LogP contribution in [0.2, 0.25) is 0 Å². The van der Waals surface area contributed by atoms with E-state index in [1.807, 2.05) is 0 Å². The molecule has 0 N–H and O–H groups in total. The Hall–Kier alpha value is -0.550. The Labute approximate surface area is 62.9 Å². The zero-order valence-corrected chi connectivity index (χ0v) is 5.87. The van der Waals surface area contributed by atoms with E-state index in [1.54, 1.807) is 4.90 Å². The van der Waals surface area contributed by atoms with E-state index in [0.717, 1.165) is 6.29 Å². The van der Waals surface area contributed by atoms with E-state index >= 15 is 0 Å². The molecule has 0 aromatic heterocycles. The standard InChI is InChI=1S/C6H9F2NO2/c7-6(8)11-5-3-9(4-5)1-2-10/h2,5-6H,1,3-4H2. The third-order valence-corrected chi connectivity index (χ3v) is 1.55. The summed E-state index contributed by atoms with van der Waals surface area (Å²) in [5.41, 5.74) is 0. The number of alkyl halides is 2. The van der Waals surface area contributed by atoms with Gasteiger partial charge in [0.1, 0.15) is 6.29 Å². The molecule has 0 aromatic carbocycles. The number of hydrogen-bond acceptors (Lipinski definition) is 3. The Morgan fingerprint density at radius 2 is 2.27 bits per heavy atom. The number of rotatable bonds is 4. The lowest BCUT2D eigenvalue weighted by Crippen LogP contribution is -2.53. The molecule has 1 aliphatic rings. The van der Waals surface area contributed by atoms with Gasteiger partial charge in [0.15, 0.2) is 0 Å². The van der Waals surface area contributed by atoms with Crippen LogP contribution in [0, 0.1) is 0 Å². The third kappa shape index (κ3) is 2.51. The maximum Gasteiger partial charge on any atom is 0.345 e. The van der Waals surface area contributed by atoms with Crippen LogP contribution in [0.25, 0.3) is 0 Å². The van der Waals surface area contributed by atoms with Crippen LogP contribution in [-0.2, 0) is 9.53 Å². The monoisotopic (exact) mass is 165 g/mol. The summed E-state index contributed by atoms with van der Waals surface area (Å²) in [5.74, 6) is 0. The van der Waals surface area contributed by atoms with Gasteiger partial charge >= 0.3 is 6.61 Å². The highest BCUT2D eigenvalue weighted by molar-refractivity contribution is 5.52. The van der Waals surface area contributed by atoms with Gasteiger partial charge in [-0.3, -0.25) is 4.90 Å². The molecule has 0 bridgehead atoms. The van der Waals surface area contributed by atoms with Gasteiger partial charge in [-0.15, -0.1) is 0 Å². The molecule has 0 atom stereocenters. The molecule has 1 aliphatic heterocycles. The molecule has 1 saturated heterocycles. The lowest BCUT2D eigenvalue weighted by molar-refractivity contribution is -0.195. The molecule has 0 aromatic rings. The summed E-state index contributed by atoms with van der Waals surface area (Å²) in [4.78, 5) is 11.6. The van der Waals surface area contributed by atoms with Crippen molar-refractivity contribution in [2.75, 3.05) is 19.6 Å². The van der Waals surface area contributed by atoms with Crippen LogP contribution in [-0.4, -0.2) is 43.5 Å². The molecular formula is C6H9F2NO2. The van der Waals surface area contributed by atoms with Gasteiger partial charge in [-0.2, -0.15) is 8.78 Å². The first-order valence-electron chi connectivity index (χ1n) is 3.32. The van der Waals surface area contributed by atoms with Crippen molar-refractivity contribution in [2.45, 2.75) is 12.7 Å². The molecule has 3 nitrogen and oxygen atoms in total. The quantitative estimate of drug-likeness (QED) is 0.554. The summed E-state index contributed by atoms with van der Waals surface area (Å²) in [6.45, 7) is -1.52. The number of ether oxygens (including phenoxy) is 1. The van der Waals surface area contributed by atoms with Crippen molar-refractivity contribution in [1.29, 1.82) is 0 Å². The van der Waals surface area contributed by atoms with E-state index in [0.29, 0.717) is 19.6 Å². The Morgan fingerprint density at radius 3 is 2.73 bits per heavy atom. The van der Waals surface area contributed by atoms with E-state index in [9.17, 15) is 13.6 Å². The molecule has 1 heterocycles. The van der Waals surface area contributed by atoms with Crippen molar-refractivity contribution in [3.8, 4) is 0 Å². The lowest BCUT2D eigenvalue weighted by atomic mass is 10.2. The van der Waals surface area contributed by atoms with Crippen LogP contribution in [0.1, 0.15) is 0 Å². The molecule has 0 spiro atoms. The van der Waals surface area contributed by atoms with Gasteiger partial charge in [-0.1, -0.05) is 0 Å². The van der Waals surface area contributed by atoms with E-state index in [2.05, 4.69) is 4.74 Å². The van der Waals surface area contributed by atoms with Crippen LogP contribution in [0.3, 0.4) is 0 Å². The van der Waals surface area contributed by atoms with E-state index in [1.165, 1.54) is 0 Å². The number of hydrogen-bond donors (Lipinski definition) is 0. The highest BCUT2D eigenvalue weighted by Gasteiger charge is 2.28. The molecule has 11 heavy (non-hydrogen) atoms. The van der Waals surface area contributed by atoms with Crippen LogP contribution in [0.4, 0.5) is 8.78 Å². The second-order valence-electron chi connectivity index (χ2n) is 2.40. The predicted octanol–water partition coefficient (Wildman–Crippen LogP) is 0.109. The molecule has 1 rings (SSSR count). The largest absolute Gasteiger partial charge is 0.345 e. The lowest BCUT2D eigenvalue weighted by Gasteiger charge is -2.37. The molecular weight excluding hydrogens is 156 g/mol. The van der Waals surface area contributed by atoms with E-state index in [-0.39, 0.29) is 0 Å². The van der Waals surface area contributed by atoms with Crippen molar-refractivity contribution in [3.63, 3.8) is 0 Å². The SMILES string of the molecule is O=CCN1CC(OC(F)F)C1. The average molecular weight is 165 g/mol. The highest BCUT2D eigenvalue weighted by Crippen LogP contribution is 2.13. The summed E-state index contributed by atoms with van der Waals surface area (Å²) in [6.07, 6.45) is 0.355. The summed E-state index contributed by atoms with van der Waals surface area (Å²) < 4.78 is 27.2. The summed E-state index contributed by atoms with van der Waals surface area (Å²) in [5, 5.41) is 0. The van der Waals surface area contributed by atoms with E-state index < -0.39 is 12.7 Å². The number of likely N-dealkylation sites (tertiary alicyclic amines) is 1. The van der Waals surface area contributed by atoms with Crippen LogP contribution in [0.15, 0.2) is 0 Å². The van der Waals surface area contributed by atoms with Gasteiger partial charge in [0, 0.05) is 13.1 Å². The molecule has 0 amide bonds. The normalized spacial score (nSPS) is 20.3. The minimum Gasteiger partial charge on any atom is -0.317 e. The fourth-order valence-corrected chi connectivity index (χ4v) is 1.01. The van der Waals surface area contributed by atoms with Crippen LogP contribution in [0.5, 0.6) is 0 Å². The Morgan fingerprint density at radius 1 is 1.64 bits per heavy atom. The van der Waals surface area contributed by atoms with Gasteiger partial charge < -0.3 is 9.53 Å². The average Bonchev–Trinajstić information content (AvgIpc) is 1.82. The smallest absolute Gasteiger partial charge is 0.317 e. The molecule has 1 fully saturated rings. The zero-order chi connectivity index (χ0) is 8.27.